The maximum Gasteiger partial charge on any atom is 0.251 e. The van der Waals surface area contributed by atoms with Gasteiger partial charge in [0.25, 0.3) is 5.91 Å². The van der Waals surface area contributed by atoms with Crippen molar-refractivity contribution in [2.24, 2.45) is 5.73 Å². The number of piperazine rings is 1. The fourth-order valence-electron chi connectivity index (χ4n) is 3.36. The number of anilines is 1. The van der Waals surface area contributed by atoms with Crippen molar-refractivity contribution in [3.05, 3.63) is 46.6 Å². The molecule has 1 aromatic carbocycles. The van der Waals surface area contributed by atoms with E-state index in [1.807, 2.05) is 13.0 Å². The average molecular weight is 421 g/mol. The predicted octanol–water partition coefficient (Wildman–Crippen LogP) is 2.14. The lowest BCUT2D eigenvalue weighted by atomic mass is 10.1. The fourth-order valence-corrected chi connectivity index (χ4v) is 4.15. The van der Waals surface area contributed by atoms with Gasteiger partial charge in [0.2, 0.25) is 5.91 Å². The summed E-state index contributed by atoms with van der Waals surface area (Å²) >= 11 is 1.28. The molecule has 3 rings (SSSR count). The van der Waals surface area contributed by atoms with Crippen molar-refractivity contribution in [1.29, 1.82) is 0 Å². The number of halogens is 1. The number of carbonyl (C=O) groups is 2. The van der Waals surface area contributed by atoms with Crippen LogP contribution >= 0.6 is 11.3 Å². The first-order valence-electron chi connectivity index (χ1n) is 9.36. The Hall–Kier alpha value is -2.49. The van der Waals surface area contributed by atoms with Crippen LogP contribution in [0.1, 0.15) is 22.8 Å². The maximum absolute atomic E-state index is 13.9. The first-order valence-corrected chi connectivity index (χ1v) is 10.2. The molecular formula is C20H25FN4O3S. The second-order valence-corrected chi connectivity index (χ2v) is 7.89. The molecule has 7 nitrogen and oxygen atoms in total. The highest BCUT2D eigenvalue weighted by Gasteiger charge is 2.26. The summed E-state index contributed by atoms with van der Waals surface area (Å²) in [7, 11) is 1.45. The van der Waals surface area contributed by atoms with E-state index in [1.54, 1.807) is 17.5 Å². The molecule has 0 aliphatic carbocycles. The summed E-state index contributed by atoms with van der Waals surface area (Å²) in [5, 5.41) is 5.01. The first-order chi connectivity index (χ1) is 13.9. The fraction of sp³-hybridized carbons (Fsp3) is 0.400. The normalized spacial score (nSPS) is 16.4. The van der Waals surface area contributed by atoms with Crippen LogP contribution in [0.4, 0.5) is 9.39 Å². The third kappa shape index (κ3) is 5.11. The van der Waals surface area contributed by atoms with Crippen LogP contribution in [0.3, 0.4) is 0 Å². The van der Waals surface area contributed by atoms with Gasteiger partial charge in [-0.2, -0.15) is 0 Å². The van der Waals surface area contributed by atoms with Gasteiger partial charge in [-0.25, -0.2) is 4.39 Å². The minimum absolute atomic E-state index is 0.166. The number of rotatable bonds is 7. The summed E-state index contributed by atoms with van der Waals surface area (Å²) in [5.74, 6) is -0.847. The number of benzene rings is 1. The number of carbonyl (C=O) groups excluding carboxylic acids is 2. The van der Waals surface area contributed by atoms with Crippen LogP contribution in [0.25, 0.3) is 0 Å². The molecule has 2 amide bonds. The molecule has 156 valence electrons. The van der Waals surface area contributed by atoms with Gasteiger partial charge in [-0.05, 0) is 36.1 Å². The molecule has 1 aliphatic rings. The van der Waals surface area contributed by atoms with Crippen molar-refractivity contribution in [2.75, 3.05) is 38.6 Å². The number of hydrogen-bond acceptors (Lipinski definition) is 6. The van der Waals surface area contributed by atoms with Crippen molar-refractivity contribution in [1.82, 2.24) is 9.80 Å². The largest absolute Gasteiger partial charge is 0.494 e. The molecule has 2 heterocycles. The van der Waals surface area contributed by atoms with Crippen LogP contribution in [0.15, 0.2) is 29.6 Å². The van der Waals surface area contributed by atoms with E-state index in [9.17, 15) is 14.0 Å². The topological polar surface area (TPSA) is 87.9 Å². The zero-order valence-electron chi connectivity index (χ0n) is 16.5. The average Bonchev–Trinajstić information content (AvgIpc) is 3.16. The highest BCUT2D eigenvalue weighted by atomic mass is 32.1. The predicted molar refractivity (Wildman–Crippen MR) is 111 cm³/mol. The number of nitrogens with zero attached hydrogens (tertiary/aromatic N) is 2. The number of ether oxygens (including phenoxy) is 1. The van der Waals surface area contributed by atoms with E-state index in [-0.39, 0.29) is 23.5 Å². The lowest BCUT2D eigenvalue weighted by Crippen LogP contribution is -2.52. The molecule has 0 radical (unpaired) electrons. The third-order valence-electron chi connectivity index (χ3n) is 5.12. The summed E-state index contributed by atoms with van der Waals surface area (Å²) < 4.78 is 18.8. The minimum Gasteiger partial charge on any atom is -0.494 e. The van der Waals surface area contributed by atoms with Gasteiger partial charge in [0.1, 0.15) is 5.00 Å². The molecule has 1 fully saturated rings. The van der Waals surface area contributed by atoms with Gasteiger partial charge in [-0.1, -0.05) is 6.07 Å². The monoisotopic (exact) mass is 420 g/mol. The number of nitrogens with one attached hydrogen (secondary N) is 1. The Morgan fingerprint density at radius 1 is 1.28 bits per heavy atom. The van der Waals surface area contributed by atoms with Gasteiger partial charge >= 0.3 is 0 Å². The van der Waals surface area contributed by atoms with Crippen molar-refractivity contribution in [3.63, 3.8) is 0 Å². The summed E-state index contributed by atoms with van der Waals surface area (Å²) in [6, 6.07) is 6.27. The van der Waals surface area contributed by atoms with Gasteiger partial charge < -0.3 is 15.8 Å². The van der Waals surface area contributed by atoms with E-state index in [1.165, 1.54) is 24.5 Å². The van der Waals surface area contributed by atoms with Crippen molar-refractivity contribution >= 4 is 28.2 Å². The Kier molecular flexibility index (Phi) is 6.83. The third-order valence-corrected chi connectivity index (χ3v) is 5.95. The molecule has 0 spiro atoms. The molecule has 1 saturated heterocycles. The summed E-state index contributed by atoms with van der Waals surface area (Å²) in [6.07, 6.45) is 0. The van der Waals surface area contributed by atoms with Crippen molar-refractivity contribution in [3.8, 4) is 5.75 Å². The van der Waals surface area contributed by atoms with E-state index in [0.717, 1.165) is 31.7 Å². The van der Waals surface area contributed by atoms with Gasteiger partial charge in [0, 0.05) is 32.7 Å². The quantitative estimate of drug-likeness (QED) is 0.717. The molecular weight excluding hydrogens is 395 g/mol. The van der Waals surface area contributed by atoms with Crippen LogP contribution < -0.4 is 15.8 Å². The maximum atomic E-state index is 13.9. The number of thiophene rings is 1. The minimum atomic E-state index is -0.558. The van der Waals surface area contributed by atoms with Crippen molar-refractivity contribution in [2.45, 2.75) is 19.5 Å². The number of nitrogens with two attached hydrogens (primary N) is 1. The zero-order chi connectivity index (χ0) is 21.0. The van der Waals surface area contributed by atoms with Crippen molar-refractivity contribution < 1.29 is 18.7 Å². The van der Waals surface area contributed by atoms with Gasteiger partial charge in [0.15, 0.2) is 11.6 Å². The molecule has 29 heavy (non-hydrogen) atoms. The Bertz CT molecular complexity index is 880. The van der Waals surface area contributed by atoms with Crippen LogP contribution in [-0.2, 0) is 11.3 Å². The lowest BCUT2D eigenvalue weighted by Gasteiger charge is -2.37. The SMILES string of the molecule is COc1ccc(CN2CCN(C(C)C(=O)Nc3sccc3C(N)=O)CC2)cc1F. The molecule has 9 heteroatoms. The molecule has 0 bridgehead atoms. The molecule has 2 aromatic rings. The van der Waals surface area contributed by atoms with Gasteiger partial charge in [0.05, 0.1) is 18.7 Å². The van der Waals surface area contributed by atoms with E-state index in [0.29, 0.717) is 17.1 Å². The Labute approximate surface area is 173 Å². The van der Waals surface area contributed by atoms with Gasteiger partial charge in [-0.3, -0.25) is 19.4 Å². The molecule has 0 saturated carbocycles. The van der Waals surface area contributed by atoms with E-state index in [4.69, 9.17) is 10.5 Å². The highest BCUT2D eigenvalue weighted by molar-refractivity contribution is 7.14. The van der Waals surface area contributed by atoms with E-state index in [2.05, 4.69) is 15.1 Å². The zero-order valence-corrected chi connectivity index (χ0v) is 17.3. The molecule has 3 N–H and O–H groups in total. The standard InChI is InChI=1S/C20H25FN4O3S/c1-13(19(27)23-20-15(18(22)26)5-10-29-20)25-8-6-24(7-9-25)12-14-3-4-17(28-2)16(21)11-14/h3-5,10-11,13H,6-9,12H2,1-2H3,(H2,22,26)(H,23,27). The van der Waals surface area contributed by atoms with Crippen LogP contribution in [0.2, 0.25) is 0 Å². The lowest BCUT2D eigenvalue weighted by molar-refractivity contribution is -0.121. The number of primary amides is 1. The van der Waals surface area contributed by atoms with Gasteiger partial charge in [-0.15, -0.1) is 11.3 Å². The Morgan fingerprint density at radius 2 is 2.00 bits per heavy atom. The second-order valence-electron chi connectivity index (χ2n) is 6.97. The molecule has 1 atom stereocenters. The summed E-state index contributed by atoms with van der Waals surface area (Å²) in [5.41, 5.74) is 6.54. The van der Waals surface area contributed by atoms with Crippen LogP contribution in [0, 0.1) is 5.82 Å². The smallest absolute Gasteiger partial charge is 0.251 e. The molecule has 1 aromatic heterocycles. The molecule has 1 unspecified atom stereocenters. The van der Waals surface area contributed by atoms with Crippen LogP contribution in [0.5, 0.6) is 5.75 Å². The number of methoxy groups -OCH3 is 1. The number of hydrogen-bond donors (Lipinski definition) is 2. The summed E-state index contributed by atoms with van der Waals surface area (Å²) in [6.45, 7) is 5.49. The van der Waals surface area contributed by atoms with E-state index < -0.39 is 5.91 Å². The first kappa shape index (κ1) is 21.2. The molecule has 1 aliphatic heterocycles. The Balaban J connectivity index is 1.51. The Morgan fingerprint density at radius 3 is 2.62 bits per heavy atom. The summed E-state index contributed by atoms with van der Waals surface area (Å²) in [4.78, 5) is 28.3. The second kappa shape index (κ2) is 9.34. The van der Waals surface area contributed by atoms with Crippen LogP contribution in [-0.4, -0.2) is 60.9 Å². The highest BCUT2D eigenvalue weighted by Crippen LogP contribution is 2.23. The number of amides is 2. The van der Waals surface area contributed by atoms with E-state index >= 15 is 0 Å².